The van der Waals surface area contributed by atoms with Crippen LogP contribution in [0.5, 0.6) is 0 Å². The molecular weight excluding hydrogens is 168 g/mol. The minimum atomic E-state index is 0.124. The van der Waals surface area contributed by atoms with Crippen molar-refractivity contribution in [1.29, 1.82) is 0 Å². The van der Waals surface area contributed by atoms with Gasteiger partial charge in [-0.3, -0.25) is 0 Å². The molecule has 0 saturated carbocycles. The Hall–Kier alpha value is -0.960. The van der Waals surface area contributed by atoms with E-state index in [2.05, 4.69) is 0 Å². The Kier molecular flexibility index (Phi) is 3.83. The first-order valence-corrected chi connectivity index (χ1v) is 4.33. The molecule has 0 aliphatic heterocycles. The molecule has 3 nitrogen and oxygen atoms in total. The average molecular weight is 184 g/mol. The van der Waals surface area contributed by atoms with Gasteiger partial charge in [-0.25, -0.2) is 0 Å². The van der Waals surface area contributed by atoms with E-state index in [1.807, 2.05) is 12.2 Å². The lowest BCUT2D eigenvalue weighted by Gasteiger charge is -2.08. The molecule has 0 N–H and O–H groups in total. The molecule has 0 aromatic heterocycles. The van der Waals surface area contributed by atoms with E-state index in [9.17, 15) is 0 Å². The van der Waals surface area contributed by atoms with Crippen LogP contribution in [0, 0.1) is 0 Å². The SMILES string of the molecule is COC1=CC(OC)CCC(OC)=C1. The number of allylic oxidation sites excluding steroid dienone is 2. The maximum absolute atomic E-state index is 5.25. The normalized spacial score (nSPS) is 22.8. The maximum atomic E-state index is 5.25. The first-order valence-electron chi connectivity index (χ1n) is 4.33. The second-order valence-electron chi connectivity index (χ2n) is 2.90. The Labute approximate surface area is 79.0 Å². The predicted octanol–water partition coefficient (Wildman–Crippen LogP) is 1.86. The van der Waals surface area contributed by atoms with E-state index >= 15 is 0 Å². The second kappa shape index (κ2) is 4.92. The summed E-state index contributed by atoms with van der Waals surface area (Å²) in [7, 11) is 5.02. The molecule has 0 radical (unpaired) electrons. The summed E-state index contributed by atoms with van der Waals surface area (Å²) in [4.78, 5) is 0. The molecule has 1 unspecified atom stereocenters. The third-order valence-corrected chi connectivity index (χ3v) is 2.13. The van der Waals surface area contributed by atoms with Gasteiger partial charge in [0.2, 0.25) is 0 Å². The first-order chi connectivity index (χ1) is 6.30. The van der Waals surface area contributed by atoms with Crippen molar-refractivity contribution in [3.63, 3.8) is 0 Å². The van der Waals surface area contributed by atoms with Gasteiger partial charge in [-0.15, -0.1) is 0 Å². The molecule has 0 fully saturated rings. The van der Waals surface area contributed by atoms with E-state index < -0.39 is 0 Å². The highest BCUT2D eigenvalue weighted by Gasteiger charge is 2.12. The fraction of sp³-hybridized carbons (Fsp3) is 0.600. The number of hydrogen-bond acceptors (Lipinski definition) is 3. The fourth-order valence-corrected chi connectivity index (χ4v) is 1.30. The molecule has 13 heavy (non-hydrogen) atoms. The van der Waals surface area contributed by atoms with Gasteiger partial charge in [0.05, 0.1) is 26.1 Å². The third kappa shape index (κ3) is 2.77. The van der Waals surface area contributed by atoms with Crippen LogP contribution in [-0.4, -0.2) is 27.4 Å². The number of ether oxygens (including phenoxy) is 3. The molecule has 1 rings (SSSR count). The van der Waals surface area contributed by atoms with Gasteiger partial charge in [0.1, 0.15) is 5.76 Å². The Morgan fingerprint density at radius 3 is 2.54 bits per heavy atom. The van der Waals surface area contributed by atoms with Gasteiger partial charge in [0, 0.05) is 19.6 Å². The summed E-state index contributed by atoms with van der Waals surface area (Å²) in [6.07, 6.45) is 5.81. The summed E-state index contributed by atoms with van der Waals surface area (Å²) in [6, 6.07) is 0. The number of methoxy groups -OCH3 is 3. The van der Waals surface area contributed by atoms with Gasteiger partial charge in [-0.1, -0.05) is 0 Å². The average Bonchev–Trinajstić information content (AvgIpc) is 2.39. The van der Waals surface area contributed by atoms with E-state index in [-0.39, 0.29) is 6.10 Å². The van der Waals surface area contributed by atoms with Crippen molar-refractivity contribution in [2.45, 2.75) is 18.9 Å². The molecule has 74 valence electrons. The van der Waals surface area contributed by atoms with Crippen LogP contribution in [0.15, 0.2) is 23.7 Å². The van der Waals surface area contributed by atoms with Crippen molar-refractivity contribution >= 4 is 0 Å². The number of hydrogen-bond donors (Lipinski definition) is 0. The van der Waals surface area contributed by atoms with Gasteiger partial charge in [-0.05, 0) is 12.5 Å². The van der Waals surface area contributed by atoms with Crippen molar-refractivity contribution in [2.24, 2.45) is 0 Å². The molecule has 1 atom stereocenters. The topological polar surface area (TPSA) is 27.7 Å². The van der Waals surface area contributed by atoms with Crippen molar-refractivity contribution < 1.29 is 14.2 Å². The quantitative estimate of drug-likeness (QED) is 0.670. The zero-order chi connectivity index (χ0) is 9.68. The molecule has 1 aliphatic carbocycles. The van der Waals surface area contributed by atoms with Crippen LogP contribution in [0.2, 0.25) is 0 Å². The molecule has 0 heterocycles. The van der Waals surface area contributed by atoms with E-state index in [0.29, 0.717) is 0 Å². The van der Waals surface area contributed by atoms with Crippen molar-refractivity contribution in [3.8, 4) is 0 Å². The minimum Gasteiger partial charge on any atom is -0.501 e. The summed E-state index contributed by atoms with van der Waals surface area (Å²) in [5, 5.41) is 0. The van der Waals surface area contributed by atoms with Crippen LogP contribution in [0.1, 0.15) is 12.8 Å². The van der Waals surface area contributed by atoms with Gasteiger partial charge in [0.25, 0.3) is 0 Å². The molecule has 3 heteroatoms. The summed E-state index contributed by atoms with van der Waals surface area (Å²) in [5.41, 5.74) is 0. The Balaban J connectivity index is 2.73. The van der Waals surface area contributed by atoms with Crippen LogP contribution < -0.4 is 0 Å². The molecule has 0 saturated heterocycles. The Morgan fingerprint density at radius 2 is 2.00 bits per heavy atom. The smallest absolute Gasteiger partial charge is 0.120 e. The zero-order valence-electron chi connectivity index (χ0n) is 8.37. The minimum absolute atomic E-state index is 0.124. The van der Waals surface area contributed by atoms with Crippen molar-refractivity contribution in [1.82, 2.24) is 0 Å². The van der Waals surface area contributed by atoms with Gasteiger partial charge in [-0.2, -0.15) is 0 Å². The third-order valence-electron chi connectivity index (χ3n) is 2.13. The van der Waals surface area contributed by atoms with Crippen LogP contribution in [-0.2, 0) is 14.2 Å². The maximum Gasteiger partial charge on any atom is 0.120 e. The highest BCUT2D eigenvalue weighted by Crippen LogP contribution is 2.19. The molecule has 0 amide bonds. The Bertz CT molecular complexity index is 218. The van der Waals surface area contributed by atoms with E-state index in [1.165, 1.54) is 0 Å². The van der Waals surface area contributed by atoms with Gasteiger partial charge >= 0.3 is 0 Å². The summed E-state index contributed by atoms with van der Waals surface area (Å²) in [5.74, 6) is 1.74. The molecule has 1 aliphatic rings. The van der Waals surface area contributed by atoms with Crippen LogP contribution in [0.4, 0.5) is 0 Å². The van der Waals surface area contributed by atoms with Crippen LogP contribution in [0.3, 0.4) is 0 Å². The lowest BCUT2D eigenvalue weighted by Crippen LogP contribution is -2.06. The fourth-order valence-electron chi connectivity index (χ4n) is 1.30. The predicted molar refractivity (Wildman–Crippen MR) is 50.2 cm³/mol. The van der Waals surface area contributed by atoms with Crippen LogP contribution in [0.25, 0.3) is 0 Å². The molecular formula is C10H16O3. The second-order valence-corrected chi connectivity index (χ2v) is 2.90. The van der Waals surface area contributed by atoms with Crippen molar-refractivity contribution in [3.05, 3.63) is 23.7 Å². The van der Waals surface area contributed by atoms with Crippen LogP contribution >= 0.6 is 0 Å². The summed E-state index contributed by atoms with van der Waals surface area (Å²) in [6.45, 7) is 0. The van der Waals surface area contributed by atoms with Crippen molar-refractivity contribution in [2.75, 3.05) is 21.3 Å². The largest absolute Gasteiger partial charge is 0.501 e. The van der Waals surface area contributed by atoms with Gasteiger partial charge in [0.15, 0.2) is 0 Å². The summed E-state index contributed by atoms with van der Waals surface area (Å²) >= 11 is 0. The standard InChI is InChI=1S/C10H16O3/c1-11-8-4-5-9(12-2)7-10(6-8)13-3/h6-8H,4-5H2,1-3H3. The van der Waals surface area contributed by atoms with E-state index in [4.69, 9.17) is 14.2 Å². The highest BCUT2D eigenvalue weighted by molar-refractivity contribution is 5.19. The molecule has 0 aromatic rings. The molecule has 0 bridgehead atoms. The molecule has 0 spiro atoms. The summed E-state index contributed by atoms with van der Waals surface area (Å²) < 4.78 is 15.6. The first kappa shape index (κ1) is 10.1. The lowest BCUT2D eigenvalue weighted by atomic mass is 10.2. The van der Waals surface area contributed by atoms with E-state index in [1.54, 1.807) is 21.3 Å². The molecule has 0 aromatic carbocycles. The number of rotatable bonds is 3. The Morgan fingerprint density at radius 1 is 1.23 bits per heavy atom. The monoisotopic (exact) mass is 184 g/mol. The highest BCUT2D eigenvalue weighted by atomic mass is 16.5. The zero-order valence-corrected chi connectivity index (χ0v) is 8.37. The van der Waals surface area contributed by atoms with Gasteiger partial charge < -0.3 is 14.2 Å². The lowest BCUT2D eigenvalue weighted by molar-refractivity contribution is 0.127. The van der Waals surface area contributed by atoms with E-state index in [0.717, 1.165) is 24.4 Å².